The van der Waals surface area contributed by atoms with Gasteiger partial charge in [-0.2, -0.15) is 0 Å². The molecule has 0 aromatic heterocycles. The molecule has 1 heterocycles. The fourth-order valence-corrected chi connectivity index (χ4v) is 1.80. The molecule has 1 rings (SSSR count). The Balaban J connectivity index is 2.22. The van der Waals surface area contributed by atoms with E-state index in [4.69, 9.17) is 0 Å². The second-order valence-electron chi connectivity index (χ2n) is 4.19. The van der Waals surface area contributed by atoms with Crippen molar-refractivity contribution in [3.8, 4) is 0 Å². The number of piperidine rings is 1. The summed E-state index contributed by atoms with van der Waals surface area (Å²) in [4.78, 5) is 2.36. The maximum Gasteiger partial charge on any atom is 0.0906 e. The van der Waals surface area contributed by atoms with Gasteiger partial charge in [0, 0.05) is 12.1 Å². The van der Waals surface area contributed by atoms with Crippen LogP contribution in [0.4, 0.5) is 4.39 Å². The van der Waals surface area contributed by atoms with Gasteiger partial charge in [-0.3, -0.25) is 4.39 Å². The number of nitrogens with one attached hydrogen (secondary N) is 1. The van der Waals surface area contributed by atoms with Gasteiger partial charge in [0.05, 0.1) is 6.67 Å². The first-order chi connectivity index (χ1) is 6.20. The summed E-state index contributed by atoms with van der Waals surface area (Å²) >= 11 is 0. The highest BCUT2D eigenvalue weighted by Crippen LogP contribution is 2.20. The van der Waals surface area contributed by atoms with E-state index in [1.165, 1.54) is 12.8 Å². The Labute approximate surface area is 80.5 Å². The van der Waals surface area contributed by atoms with Crippen molar-refractivity contribution in [1.82, 2.24) is 10.2 Å². The molecule has 0 radical (unpaired) electrons. The molecule has 78 valence electrons. The molecule has 1 aliphatic rings. The van der Waals surface area contributed by atoms with Crippen LogP contribution >= 0.6 is 0 Å². The molecule has 1 saturated heterocycles. The molecule has 1 aliphatic heterocycles. The van der Waals surface area contributed by atoms with Gasteiger partial charge in [0.1, 0.15) is 0 Å². The zero-order valence-corrected chi connectivity index (χ0v) is 8.77. The molecule has 0 saturated carbocycles. The van der Waals surface area contributed by atoms with Gasteiger partial charge in [0.25, 0.3) is 0 Å². The summed E-state index contributed by atoms with van der Waals surface area (Å²) in [7, 11) is 2.03. The minimum absolute atomic E-state index is 0.181. The molecule has 0 aromatic carbocycles. The highest BCUT2D eigenvalue weighted by atomic mass is 19.1. The van der Waals surface area contributed by atoms with Crippen LogP contribution in [0, 0.1) is 0 Å². The maximum atomic E-state index is 11.9. The van der Waals surface area contributed by atoms with E-state index in [1.54, 1.807) is 0 Å². The second-order valence-corrected chi connectivity index (χ2v) is 4.19. The van der Waals surface area contributed by atoms with E-state index in [0.29, 0.717) is 12.0 Å². The molecule has 0 bridgehead atoms. The van der Waals surface area contributed by atoms with E-state index in [0.717, 1.165) is 19.6 Å². The first kappa shape index (κ1) is 10.9. The van der Waals surface area contributed by atoms with Gasteiger partial charge >= 0.3 is 0 Å². The van der Waals surface area contributed by atoms with Crippen molar-refractivity contribution in [2.45, 2.75) is 31.7 Å². The molecule has 2 nitrogen and oxygen atoms in total. The standard InChI is InChI=1S/C10H21FN2/c1-10(12-2)4-8-13(9-5-10)7-3-6-11/h12H,3-9H2,1-2H3. The quantitative estimate of drug-likeness (QED) is 0.718. The highest BCUT2D eigenvalue weighted by molar-refractivity contribution is 4.87. The van der Waals surface area contributed by atoms with E-state index in [1.807, 2.05) is 7.05 Å². The lowest BCUT2D eigenvalue weighted by molar-refractivity contribution is 0.148. The maximum absolute atomic E-state index is 11.9. The third-order valence-corrected chi connectivity index (χ3v) is 3.17. The van der Waals surface area contributed by atoms with E-state index >= 15 is 0 Å². The third-order valence-electron chi connectivity index (χ3n) is 3.17. The Bertz CT molecular complexity index is 142. The van der Waals surface area contributed by atoms with Crippen molar-refractivity contribution in [3.05, 3.63) is 0 Å². The fourth-order valence-electron chi connectivity index (χ4n) is 1.80. The molecule has 0 unspecified atom stereocenters. The molecule has 3 heteroatoms. The third kappa shape index (κ3) is 3.24. The highest BCUT2D eigenvalue weighted by Gasteiger charge is 2.27. The van der Waals surface area contributed by atoms with Crippen LogP contribution in [0.2, 0.25) is 0 Å². The Morgan fingerprint density at radius 3 is 2.46 bits per heavy atom. The minimum Gasteiger partial charge on any atom is -0.314 e. The SMILES string of the molecule is CNC1(C)CCN(CCCF)CC1. The molecule has 13 heavy (non-hydrogen) atoms. The van der Waals surface area contributed by atoms with Crippen LogP contribution in [-0.2, 0) is 0 Å². The van der Waals surface area contributed by atoms with Crippen molar-refractivity contribution in [1.29, 1.82) is 0 Å². The Morgan fingerprint density at radius 1 is 1.38 bits per heavy atom. The number of hydrogen-bond acceptors (Lipinski definition) is 2. The van der Waals surface area contributed by atoms with E-state index in [2.05, 4.69) is 17.1 Å². The predicted molar refractivity (Wildman–Crippen MR) is 53.7 cm³/mol. The first-order valence-electron chi connectivity index (χ1n) is 5.17. The van der Waals surface area contributed by atoms with E-state index < -0.39 is 0 Å². The van der Waals surface area contributed by atoms with Crippen LogP contribution in [0.3, 0.4) is 0 Å². The van der Waals surface area contributed by atoms with E-state index in [9.17, 15) is 4.39 Å². The van der Waals surface area contributed by atoms with Crippen LogP contribution in [0.1, 0.15) is 26.2 Å². The van der Waals surface area contributed by atoms with Crippen LogP contribution in [0.15, 0.2) is 0 Å². The Hall–Kier alpha value is -0.150. The summed E-state index contributed by atoms with van der Waals surface area (Å²) in [6.07, 6.45) is 3.04. The average molecular weight is 188 g/mol. The molecular weight excluding hydrogens is 167 g/mol. The zero-order chi connectivity index (χ0) is 9.73. The number of rotatable bonds is 4. The van der Waals surface area contributed by atoms with Crippen molar-refractivity contribution >= 4 is 0 Å². The normalized spacial score (nSPS) is 23.3. The van der Waals surface area contributed by atoms with Gasteiger partial charge in [-0.15, -0.1) is 0 Å². The summed E-state index contributed by atoms with van der Waals surface area (Å²) in [5, 5.41) is 3.36. The lowest BCUT2D eigenvalue weighted by Gasteiger charge is -2.39. The topological polar surface area (TPSA) is 15.3 Å². The predicted octanol–water partition coefficient (Wildman–Crippen LogP) is 1.42. The first-order valence-corrected chi connectivity index (χ1v) is 5.17. The fraction of sp³-hybridized carbons (Fsp3) is 1.00. The summed E-state index contributed by atoms with van der Waals surface area (Å²) in [5.74, 6) is 0. The zero-order valence-electron chi connectivity index (χ0n) is 8.77. The number of likely N-dealkylation sites (tertiary alicyclic amines) is 1. The minimum atomic E-state index is -0.181. The van der Waals surface area contributed by atoms with Gasteiger partial charge in [0.15, 0.2) is 0 Å². The van der Waals surface area contributed by atoms with Gasteiger partial charge in [-0.05, 0) is 46.3 Å². The van der Waals surface area contributed by atoms with Crippen molar-refractivity contribution in [2.75, 3.05) is 33.4 Å². The monoisotopic (exact) mass is 188 g/mol. The summed E-state index contributed by atoms with van der Waals surface area (Å²) < 4.78 is 11.9. The molecule has 0 atom stereocenters. The Morgan fingerprint density at radius 2 is 2.00 bits per heavy atom. The van der Waals surface area contributed by atoms with Gasteiger partial charge in [-0.1, -0.05) is 0 Å². The summed E-state index contributed by atoms with van der Waals surface area (Å²) in [6.45, 7) is 5.23. The number of nitrogens with zero attached hydrogens (tertiary/aromatic N) is 1. The smallest absolute Gasteiger partial charge is 0.0906 e. The summed E-state index contributed by atoms with van der Waals surface area (Å²) in [6, 6.07) is 0. The van der Waals surface area contributed by atoms with Crippen molar-refractivity contribution in [2.24, 2.45) is 0 Å². The Kier molecular flexibility index (Phi) is 4.13. The van der Waals surface area contributed by atoms with Crippen LogP contribution in [-0.4, -0.2) is 43.8 Å². The molecular formula is C10H21FN2. The molecule has 0 aliphatic carbocycles. The van der Waals surface area contributed by atoms with Crippen LogP contribution in [0.25, 0.3) is 0 Å². The number of hydrogen-bond donors (Lipinski definition) is 1. The second kappa shape index (κ2) is 4.91. The van der Waals surface area contributed by atoms with Gasteiger partial charge in [-0.25, -0.2) is 0 Å². The molecule has 0 amide bonds. The van der Waals surface area contributed by atoms with Crippen molar-refractivity contribution < 1.29 is 4.39 Å². The largest absolute Gasteiger partial charge is 0.314 e. The van der Waals surface area contributed by atoms with Crippen LogP contribution in [0.5, 0.6) is 0 Å². The van der Waals surface area contributed by atoms with Gasteiger partial charge < -0.3 is 10.2 Å². The number of halogens is 1. The van der Waals surface area contributed by atoms with Crippen molar-refractivity contribution in [3.63, 3.8) is 0 Å². The molecule has 1 fully saturated rings. The number of alkyl halides is 1. The van der Waals surface area contributed by atoms with Crippen LogP contribution < -0.4 is 5.32 Å². The molecule has 0 spiro atoms. The lowest BCUT2D eigenvalue weighted by Crippen LogP contribution is -2.50. The van der Waals surface area contributed by atoms with E-state index in [-0.39, 0.29) is 6.67 Å². The van der Waals surface area contributed by atoms with Gasteiger partial charge in [0.2, 0.25) is 0 Å². The lowest BCUT2D eigenvalue weighted by atomic mass is 9.90. The molecule has 0 aromatic rings. The molecule has 1 N–H and O–H groups in total. The summed E-state index contributed by atoms with van der Waals surface area (Å²) in [5.41, 5.74) is 0.312. The average Bonchev–Trinajstić information content (AvgIpc) is 2.17.